The number of ether oxygens (including phenoxy) is 1. The molecule has 0 aliphatic carbocycles. The fraction of sp³-hybridized carbons (Fsp3) is 0.250. The Labute approximate surface area is 127 Å². The number of anilines is 1. The van der Waals surface area contributed by atoms with E-state index in [0.29, 0.717) is 13.2 Å². The van der Waals surface area contributed by atoms with Crippen LogP contribution in [0.15, 0.2) is 48.5 Å². The molecule has 5 nitrogen and oxygen atoms in total. The van der Waals surface area contributed by atoms with Crippen LogP contribution in [0.3, 0.4) is 0 Å². The molecule has 1 unspecified atom stereocenters. The van der Waals surface area contributed by atoms with E-state index in [-0.39, 0.29) is 17.6 Å². The van der Waals surface area contributed by atoms with Gasteiger partial charge in [0.25, 0.3) is 5.69 Å². The lowest BCUT2D eigenvalue weighted by Crippen LogP contribution is -2.38. The number of nitro benzene ring substituents is 1. The number of hydrogen-bond acceptors (Lipinski definition) is 4. The number of non-ortho nitro benzene ring substituents is 1. The highest BCUT2D eigenvalue weighted by Gasteiger charge is 2.22. The Morgan fingerprint density at radius 1 is 1.14 bits per heavy atom. The van der Waals surface area contributed by atoms with E-state index in [1.807, 2.05) is 0 Å². The molecule has 0 saturated carbocycles. The summed E-state index contributed by atoms with van der Waals surface area (Å²) in [5.41, 5.74) is 1.92. The number of nitro groups is 1. The molecule has 0 N–H and O–H groups in total. The standard InChI is InChI=1S/C16H15FN2O3/c17-13-3-1-12(2-4-13)16-11-18(9-10-22-16)14-5-7-15(8-6-14)19(20)21/h1-8,16H,9-11H2. The van der Waals surface area contributed by atoms with Crippen LogP contribution in [-0.4, -0.2) is 24.6 Å². The van der Waals surface area contributed by atoms with Gasteiger partial charge < -0.3 is 9.64 Å². The Bertz CT molecular complexity index is 658. The summed E-state index contributed by atoms with van der Waals surface area (Å²) in [4.78, 5) is 12.4. The van der Waals surface area contributed by atoms with E-state index in [1.165, 1.54) is 24.3 Å². The van der Waals surface area contributed by atoms with Gasteiger partial charge in [-0.25, -0.2) is 4.39 Å². The highest BCUT2D eigenvalue weighted by molar-refractivity contribution is 5.51. The quantitative estimate of drug-likeness (QED) is 0.645. The van der Waals surface area contributed by atoms with E-state index >= 15 is 0 Å². The molecule has 1 fully saturated rings. The van der Waals surface area contributed by atoms with Gasteiger partial charge in [-0.15, -0.1) is 0 Å². The first-order valence-electron chi connectivity index (χ1n) is 7.00. The van der Waals surface area contributed by atoms with Gasteiger partial charge in [0.05, 0.1) is 11.5 Å². The lowest BCUT2D eigenvalue weighted by atomic mass is 10.1. The molecule has 3 rings (SSSR count). The van der Waals surface area contributed by atoms with Crippen LogP contribution in [0.4, 0.5) is 15.8 Å². The van der Waals surface area contributed by atoms with E-state index in [9.17, 15) is 14.5 Å². The number of nitrogens with zero attached hydrogens (tertiary/aromatic N) is 2. The van der Waals surface area contributed by atoms with Crippen molar-refractivity contribution in [3.63, 3.8) is 0 Å². The highest BCUT2D eigenvalue weighted by Crippen LogP contribution is 2.27. The molecule has 114 valence electrons. The first-order chi connectivity index (χ1) is 10.6. The van der Waals surface area contributed by atoms with Crippen molar-refractivity contribution in [2.24, 2.45) is 0 Å². The molecule has 6 heteroatoms. The van der Waals surface area contributed by atoms with Gasteiger partial charge in [0.1, 0.15) is 11.9 Å². The SMILES string of the molecule is O=[N+]([O-])c1ccc(N2CCOC(c3ccc(F)cc3)C2)cc1. The van der Waals surface area contributed by atoms with Crippen molar-refractivity contribution in [2.75, 3.05) is 24.6 Å². The summed E-state index contributed by atoms with van der Waals surface area (Å²) in [6.45, 7) is 1.90. The molecule has 0 radical (unpaired) electrons. The number of benzene rings is 2. The molecule has 2 aromatic carbocycles. The van der Waals surface area contributed by atoms with Crippen LogP contribution in [0.5, 0.6) is 0 Å². The Hall–Kier alpha value is -2.47. The number of rotatable bonds is 3. The summed E-state index contributed by atoms with van der Waals surface area (Å²) in [5, 5.41) is 10.7. The molecule has 1 heterocycles. The normalized spacial score (nSPS) is 18.2. The lowest BCUT2D eigenvalue weighted by molar-refractivity contribution is -0.384. The third kappa shape index (κ3) is 3.07. The van der Waals surface area contributed by atoms with Gasteiger partial charge >= 0.3 is 0 Å². The monoisotopic (exact) mass is 302 g/mol. The zero-order chi connectivity index (χ0) is 15.5. The molecular weight excluding hydrogens is 287 g/mol. The van der Waals surface area contributed by atoms with Gasteiger partial charge in [0.2, 0.25) is 0 Å². The predicted octanol–water partition coefficient (Wildman–Crippen LogP) is 3.31. The van der Waals surface area contributed by atoms with Crippen molar-refractivity contribution in [1.29, 1.82) is 0 Å². The Balaban J connectivity index is 1.75. The molecule has 1 aliphatic rings. The second-order valence-corrected chi connectivity index (χ2v) is 5.13. The minimum absolute atomic E-state index is 0.0760. The van der Waals surface area contributed by atoms with Crippen LogP contribution in [0.1, 0.15) is 11.7 Å². The van der Waals surface area contributed by atoms with E-state index in [1.54, 1.807) is 24.3 Å². The second-order valence-electron chi connectivity index (χ2n) is 5.13. The van der Waals surface area contributed by atoms with Crippen LogP contribution >= 0.6 is 0 Å². The lowest BCUT2D eigenvalue weighted by Gasteiger charge is -2.34. The minimum Gasteiger partial charge on any atom is -0.370 e. The van der Waals surface area contributed by atoms with Crippen LogP contribution in [0.25, 0.3) is 0 Å². The molecule has 0 amide bonds. The summed E-state index contributed by atoms with van der Waals surface area (Å²) in [6.07, 6.45) is -0.135. The summed E-state index contributed by atoms with van der Waals surface area (Å²) < 4.78 is 18.7. The molecule has 0 bridgehead atoms. The predicted molar refractivity (Wildman–Crippen MR) is 80.4 cm³/mol. The number of morpholine rings is 1. The maximum Gasteiger partial charge on any atom is 0.269 e. The molecule has 1 atom stereocenters. The van der Waals surface area contributed by atoms with Crippen LogP contribution in [-0.2, 0) is 4.74 Å². The molecule has 0 aromatic heterocycles. The van der Waals surface area contributed by atoms with Gasteiger partial charge in [-0.05, 0) is 29.8 Å². The van der Waals surface area contributed by atoms with Crippen LogP contribution < -0.4 is 4.90 Å². The zero-order valence-electron chi connectivity index (χ0n) is 11.8. The maximum atomic E-state index is 13.0. The average Bonchev–Trinajstić information content (AvgIpc) is 2.56. The summed E-state index contributed by atoms with van der Waals surface area (Å²) in [5.74, 6) is -0.271. The summed E-state index contributed by atoms with van der Waals surface area (Å²) in [6, 6.07) is 12.8. The van der Waals surface area contributed by atoms with E-state index in [2.05, 4.69) is 4.90 Å². The van der Waals surface area contributed by atoms with Gasteiger partial charge in [-0.1, -0.05) is 12.1 Å². The fourth-order valence-corrected chi connectivity index (χ4v) is 2.55. The van der Waals surface area contributed by atoms with E-state index < -0.39 is 4.92 Å². The number of hydrogen-bond donors (Lipinski definition) is 0. The summed E-state index contributed by atoms with van der Waals surface area (Å²) in [7, 11) is 0. The molecule has 1 aliphatic heterocycles. The molecule has 22 heavy (non-hydrogen) atoms. The van der Waals surface area contributed by atoms with Gasteiger partial charge in [-0.2, -0.15) is 0 Å². The first-order valence-corrected chi connectivity index (χ1v) is 7.00. The Morgan fingerprint density at radius 3 is 2.45 bits per heavy atom. The topological polar surface area (TPSA) is 55.6 Å². The van der Waals surface area contributed by atoms with Crippen molar-refractivity contribution >= 4 is 11.4 Å². The van der Waals surface area contributed by atoms with Crippen molar-refractivity contribution < 1.29 is 14.1 Å². The third-order valence-electron chi connectivity index (χ3n) is 3.73. The minimum atomic E-state index is -0.412. The highest BCUT2D eigenvalue weighted by atomic mass is 19.1. The van der Waals surface area contributed by atoms with E-state index in [4.69, 9.17) is 4.74 Å². The van der Waals surface area contributed by atoms with Crippen molar-refractivity contribution in [3.8, 4) is 0 Å². The van der Waals surface area contributed by atoms with Crippen molar-refractivity contribution in [1.82, 2.24) is 0 Å². The maximum absolute atomic E-state index is 13.0. The van der Waals surface area contributed by atoms with Crippen molar-refractivity contribution in [2.45, 2.75) is 6.10 Å². The molecule has 1 saturated heterocycles. The molecule has 2 aromatic rings. The smallest absolute Gasteiger partial charge is 0.269 e. The average molecular weight is 302 g/mol. The first kappa shape index (κ1) is 14.5. The van der Waals surface area contributed by atoms with Crippen LogP contribution in [0, 0.1) is 15.9 Å². The fourth-order valence-electron chi connectivity index (χ4n) is 2.55. The zero-order valence-corrected chi connectivity index (χ0v) is 11.8. The Morgan fingerprint density at radius 2 is 1.82 bits per heavy atom. The van der Waals surface area contributed by atoms with Gasteiger partial charge in [0.15, 0.2) is 0 Å². The van der Waals surface area contributed by atoms with Gasteiger partial charge in [0, 0.05) is 30.9 Å². The second kappa shape index (κ2) is 6.11. The Kier molecular flexibility index (Phi) is 4.02. The number of halogens is 1. The van der Waals surface area contributed by atoms with Crippen LogP contribution in [0.2, 0.25) is 0 Å². The largest absolute Gasteiger partial charge is 0.370 e. The van der Waals surface area contributed by atoms with Gasteiger partial charge in [-0.3, -0.25) is 10.1 Å². The third-order valence-corrected chi connectivity index (χ3v) is 3.73. The molecule has 0 spiro atoms. The van der Waals surface area contributed by atoms with E-state index in [0.717, 1.165) is 17.8 Å². The van der Waals surface area contributed by atoms with Crippen molar-refractivity contribution in [3.05, 3.63) is 70.0 Å². The summed E-state index contributed by atoms with van der Waals surface area (Å²) >= 11 is 0. The molecular formula is C16H15FN2O3.